The minimum absolute atomic E-state index is 0.0455. The number of hydrogen-bond acceptors (Lipinski definition) is 6. The summed E-state index contributed by atoms with van der Waals surface area (Å²) in [6, 6.07) is 0. The van der Waals surface area contributed by atoms with Crippen LogP contribution in [0.4, 0.5) is 0 Å². The first-order valence-electron chi connectivity index (χ1n) is 7.72. The van der Waals surface area contributed by atoms with Crippen LogP contribution in [-0.2, 0) is 9.59 Å². The van der Waals surface area contributed by atoms with Crippen molar-refractivity contribution >= 4 is 18.0 Å². The zero-order chi connectivity index (χ0) is 16.5. The van der Waals surface area contributed by atoms with Gasteiger partial charge in [-0.15, -0.1) is 0 Å². The van der Waals surface area contributed by atoms with Crippen molar-refractivity contribution in [1.82, 2.24) is 26.6 Å². The first kappa shape index (κ1) is 20.5. The summed E-state index contributed by atoms with van der Waals surface area (Å²) in [6.07, 6.45) is 2.85. The number of carbonyl (C=O) groups excluding carboxylic acids is 2. The molecule has 0 saturated heterocycles. The molecular formula is C14H30N6O2. The molecule has 0 aliphatic rings. The van der Waals surface area contributed by atoms with Gasteiger partial charge in [0.05, 0.1) is 6.54 Å². The van der Waals surface area contributed by atoms with Crippen LogP contribution in [0.5, 0.6) is 0 Å². The van der Waals surface area contributed by atoms with Crippen molar-refractivity contribution in [3.8, 4) is 0 Å². The molecule has 0 aliphatic carbocycles. The Kier molecular flexibility index (Phi) is 14.8. The Morgan fingerprint density at radius 3 is 1.95 bits per heavy atom. The van der Waals surface area contributed by atoms with E-state index in [-0.39, 0.29) is 11.8 Å². The Hall–Kier alpha value is -1.51. The number of nitrogens with zero attached hydrogens (tertiary/aromatic N) is 1. The second-order valence-electron chi connectivity index (χ2n) is 4.64. The number of carbonyl (C=O) groups is 2. The molecule has 0 fully saturated rings. The van der Waals surface area contributed by atoms with E-state index in [4.69, 9.17) is 0 Å². The highest BCUT2D eigenvalue weighted by atomic mass is 16.2. The van der Waals surface area contributed by atoms with Crippen LogP contribution in [0.1, 0.15) is 12.8 Å². The molecule has 22 heavy (non-hydrogen) atoms. The molecule has 0 aromatic rings. The fourth-order valence-corrected chi connectivity index (χ4v) is 1.55. The maximum atomic E-state index is 11.0. The van der Waals surface area contributed by atoms with E-state index in [0.29, 0.717) is 32.5 Å². The summed E-state index contributed by atoms with van der Waals surface area (Å²) in [7, 11) is 3.28. The van der Waals surface area contributed by atoms with Gasteiger partial charge >= 0.3 is 0 Å². The van der Waals surface area contributed by atoms with Gasteiger partial charge in [0.15, 0.2) is 0 Å². The van der Waals surface area contributed by atoms with Crippen LogP contribution < -0.4 is 26.6 Å². The van der Waals surface area contributed by atoms with Gasteiger partial charge in [-0.3, -0.25) is 14.6 Å². The first-order chi connectivity index (χ1) is 10.7. The lowest BCUT2D eigenvalue weighted by atomic mass is 10.4. The highest BCUT2D eigenvalue weighted by Gasteiger charge is 1.96. The molecule has 128 valence electrons. The molecule has 0 rings (SSSR count). The summed E-state index contributed by atoms with van der Waals surface area (Å²) >= 11 is 0. The van der Waals surface area contributed by atoms with Gasteiger partial charge in [0.2, 0.25) is 11.8 Å². The van der Waals surface area contributed by atoms with Crippen molar-refractivity contribution in [3.05, 3.63) is 0 Å². The van der Waals surface area contributed by atoms with E-state index in [0.717, 1.165) is 26.2 Å². The lowest BCUT2D eigenvalue weighted by Gasteiger charge is -2.04. The Morgan fingerprint density at radius 2 is 1.36 bits per heavy atom. The molecule has 8 heteroatoms. The number of aliphatic imine (C=N–C) groups is 1. The third-order valence-corrected chi connectivity index (χ3v) is 2.88. The minimum Gasteiger partial charge on any atom is -0.359 e. The van der Waals surface area contributed by atoms with E-state index in [1.807, 2.05) is 6.21 Å². The minimum atomic E-state index is 0.0455. The average Bonchev–Trinajstić information content (AvgIpc) is 2.54. The highest BCUT2D eigenvalue weighted by Crippen LogP contribution is 1.76. The van der Waals surface area contributed by atoms with Gasteiger partial charge in [0.1, 0.15) is 0 Å². The van der Waals surface area contributed by atoms with Gasteiger partial charge < -0.3 is 26.6 Å². The smallest absolute Gasteiger partial charge is 0.221 e. The summed E-state index contributed by atoms with van der Waals surface area (Å²) in [5.41, 5.74) is 0. The number of rotatable bonds is 14. The zero-order valence-corrected chi connectivity index (χ0v) is 13.7. The molecule has 0 bridgehead atoms. The fourth-order valence-electron chi connectivity index (χ4n) is 1.55. The van der Waals surface area contributed by atoms with Crippen molar-refractivity contribution in [3.63, 3.8) is 0 Å². The van der Waals surface area contributed by atoms with Gasteiger partial charge in [0.25, 0.3) is 0 Å². The molecule has 0 unspecified atom stereocenters. The maximum Gasteiger partial charge on any atom is 0.221 e. The highest BCUT2D eigenvalue weighted by molar-refractivity contribution is 5.75. The monoisotopic (exact) mass is 314 g/mol. The van der Waals surface area contributed by atoms with Gasteiger partial charge in [-0.1, -0.05) is 0 Å². The molecule has 0 heterocycles. The normalized spacial score (nSPS) is 10.8. The molecule has 0 aromatic heterocycles. The molecule has 0 atom stereocenters. The van der Waals surface area contributed by atoms with Crippen LogP contribution in [0, 0.1) is 0 Å². The Balaban J connectivity index is 3.18. The molecule has 0 aromatic carbocycles. The molecule has 8 nitrogen and oxygen atoms in total. The van der Waals surface area contributed by atoms with Crippen LogP contribution >= 0.6 is 0 Å². The summed E-state index contributed by atoms with van der Waals surface area (Å²) in [4.78, 5) is 26.2. The number of amides is 2. The topological polar surface area (TPSA) is 107 Å². The summed E-state index contributed by atoms with van der Waals surface area (Å²) < 4.78 is 0. The van der Waals surface area contributed by atoms with Crippen molar-refractivity contribution in [2.24, 2.45) is 4.99 Å². The SMILES string of the molecule is CNC(=O)CCNCCN=CCNCCNCCC(=O)NC. The van der Waals surface area contributed by atoms with E-state index in [1.165, 1.54) is 0 Å². The van der Waals surface area contributed by atoms with Crippen LogP contribution in [0.2, 0.25) is 0 Å². The van der Waals surface area contributed by atoms with Gasteiger partial charge in [-0.05, 0) is 0 Å². The predicted octanol–water partition coefficient (Wildman–Crippen LogP) is -1.90. The van der Waals surface area contributed by atoms with E-state index >= 15 is 0 Å². The van der Waals surface area contributed by atoms with Crippen molar-refractivity contribution in [2.75, 3.05) is 59.9 Å². The van der Waals surface area contributed by atoms with Crippen LogP contribution in [0.15, 0.2) is 4.99 Å². The molecular weight excluding hydrogens is 284 g/mol. The van der Waals surface area contributed by atoms with Gasteiger partial charge in [-0.25, -0.2) is 0 Å². The second kappa shape index (κ2) is 15.9. The first-order valence-corrected chi connectivity index (χ1v) is 7.72. The van der Waals surface area contributed by atoms with E-state index in [2.05, 4.69) is 31.6 Å². The average molecular weight is 314 g/mol. The van der Waals surface area contributed by atoms with Crippen LogP contribution in [0.25, 0.3) is 0 Å². The Bertz CT molecular complexity index is 322. The fraction of sp³-hybridized carbons (Fsp3) is 0.786. The standard InChI is InChI=1S/C14H30N6O2/c1-15-13(21)3-5-17-7-9-19-11-12-20-10-8-18-6-4-14(22)16-2/h11,17-18,20H,3-10,12H2,1-2H3,(H,15,21)(H,16,22). The quantitative estimate of drug-likeness (QED) is 0.190. The molecule has 2 amide bonds. The summed E-state index contributed by atoms with van der Waals surface area (Å²) in [5, 5.41) is 14.7. The lowest BCUT2D eigenvalue weighted by Crippen LogP contribution is -2.31. The number of hydrogen-bond donors (Lipinski definition) is 5. The maximum absolute atomic E-state index is 11.0. The van der Waals surface area contributed by atoms with Crippen LogP contribution in [0.3, 0.4) is 0 Å². The largest absolute Gasteiger partial charge is 0.359 e. The van der Waals surface area contributed by atoms with Crippen molar-refractivity contribution in [2.45, 2.75) is 12.8 Å². The Labute approximate surface area is 132 Å². The van der Waals surface area contributed by atoms with Crippen LogP contribution in [-0.4, -0.2) is 77.9 Å². The van der Waals surface area contributed by atoms with E-state index in [9.17, 15) is 9.59 Å². The number of nitrogens with one attached hydrogen (secondary N) is 5. The molecule has 0 aliphatic heterocycles. The third kappa shape index (κ3) is 14.9. The van der Waals surface area contributed by atoms with Crippen molar-refractivity contribution in [1.29, 1.82) is 0 Å². The predicted molar refractivity (Wildman–Crippen MR) is 89.3 cm³/mol. The van der Waals surface area contributed by atoms with E-state index < -0.39 is 0 Å². The zero-order valence-electron chi connectivity index (χ0n) is 13.7. The van der Waals surface area contributed by atoms with E-state index in [1.54, 1.807) is 14.1 Å². The molecule has 5 N–H and O–H groups in total. The lowest BCUT2D eigenvalue weighted by molar-refractivity contribution is -0.121. The summed E-state index contributed by atoms with van der Waals surface area (Å²) in [6.45, 7) is 5.24. The van der Waals surface area contributed by atoms with Gasteiger partial charge in [0, 0.05) is 72.4 Å². The van der Waals surface area contributed by atoms with Gasteiger partial charge in [-0.2, -0.15) is 0 Å². The second-order valence-corrected chi connectivity index (χ2v) is 4.64. The molecule has 0 radical (unpaired) electrons. The summed E-state index contributed by atoms with van der Waals surface area (Å²) in [5.74, 6) is 0.0978. The molecule has 0 spiro atoms. The Morgan fingerprint density at radius 1 is 0.818 bits per heavy atom. The van der Waals surface area contributed by atoms with Crippen molar-refractivity contribution < 1.29 is 9.59 Å². The molecule has 0 saturated carbocycles. The third-order valence-electron chi connectivity index (χ3n) is 2.88.